The molecule has 5 atom stereocenters. The molecule has 0 spiro atoms. The Hall–Kier alpha value is -2.96. The van der Waals surface area contributed by atoms with Crippen LogP contribution >= 0.6 is 0 Å². The number of hydrogen-bond acceptors (Lipinski definition) is 7. The molecule has 4 fully saturated rings. The zero-order valence-corrected chi connectivity index (χ0v) is 27.8. The van der Waals surface area contributed by atoms with E-state index in [1.807, 2.05) is 13.8 Å². The van der Waals surface area contributed by atoms with Crippen molar-refractivity contribution in [1.29, 1.82) is 0 Å². The Balaban J connectivity index is 1.57. The van der Waals surface area contributed by atoms with Gasteiger partial charge < -0.3 is 26.6 Å². The van der Waals surface area contributed by atoms with Crippen LogP contribution in [0.25, 0.3) is 0 Å². The molecule has 4 rings (SSSR count). The van der Waals surface area contributed by atoms with Crippen LogP contribution < -0.4 is 21.7 Å². The number of rotatable bonds is 7. The van der Waals surface area contributed by atoms with Gasteiger partial charge in [0, 0.05) is 11.4 Å². The van der Waals surface area contributed by atoms with Crippen molar-refractivity contribution in [2.24, 2.45) is 23.0 Å². The Bertz CT molecular complexity index is 1310. The summed E-state index contributed by atoms with van der Waals surface area (Å²) in [5.41, 5.74) is 4.15. The predicted octanol–water partition coefficient (Wildman–Crippen LogP) is 2.46. The quantitative estimate of drug-likeness (QED) is 0.305. The molecule has 45 heavy (non-hydrogen) atoms. The van der Waals surface area contributed by atoms with Crippen LogP contribution in [0.15, 0.2) is 11.5 Å². The number of carbonyl (C=O) groups excluding carboxylic acids is 5. The molecule has 0 aromatic heterocycles. The van der Waals surface area contributed by atoms with Crippen molar-refractivity contribution < 1.29 is 32.4 Å². The zero-order chi connectivity index (χ0) is 33.2. The Labute approximate surface area is 267 Å². The van der Waals surface area contributed by atoms with Crippen molar-refractivity contribution in [3.8, 4) is 0 Å². The molecule has 2 saturated heterocycles. The van der Waals surface area contributed by atoms with E-state index in [-0.39, 0.29) is 33.8 Å². The van der Waals surface area contributed by atoms with Gasteiger partial charge in [0.2, 0.25) is 17.6 Å². The maximum absolute atomic E-state index is 14.2. The molecule has 0 radical (unpaired) electrons. The Morgan fingerprint density at radius 2 is 1.56 bits per heavy atom. The SMILES string of the molecule is C=C(C)S(=O)(=O)CC1(NC(=O)N[C@H]2CCCCCCCC[C@@H](C(=O)C(N)=O)NC(=O)[C@@H]3[C@@H]4[C@H](CN3C2=O)C4(C)C)CCCCC1. The molecular weight excluding hydrogens is 598 g/mol. The van der Waals surface area contributed by atoms with Crippen LogP contribution in [0.4, 0.5) is 4.79 Å². The highest BCUT2D eigenvalue weighted by molar-refractivity contribution is 7.95. The summed E-state index contributed by atoms with van der Waals surface area (Å²) in [6, 6.07) is -3.45. The van der Waals surface area contributed by atoms with Gasteiger partial charge in [0.15, 0.2) is 9.84 Å². The third kappa shape index (κ3) is 7.89. The van der Waals surface area contributed by atoms with Gasteiger partial charge in [0.05, 0.1) is 17.3 Å². The minimum absolute atomic E-state index is 0.0475. The Morgan fingerprint density at radius 1 is 0.978 bits per heavy atom. The van der Waals surface area contributed by atoms with E-state index in [4.69, 9.17) is 5.73 Å². The van der Waals surface area contributed by atoms with Crippen LogP contribution in [0.3, 0.4) is 0 Å². The monoisotopic (exact) mass is 649 g/mol. The topological polar surface area (TPSA) is 185 Å². The maximum atomic E-state index is 14.2. The third-order valence-electron chi connectivity index (χ3n) is 10.7. The van der Waals surface area contributed by atoms with E-state index in [1.165, 1.54) is 11.8 Å². The minimum Gasteiger partial charge on any atom is -0.363 e. The number of sulfone groups is 1. The van der Waals surface area contributed by atoms with Crippen molar-refractivity contribution in [2.45, 2.75) is 128 Å². The number of nitrogens with one attached hydrogen (secondary N) is 3. The molecule has 0 aromatic rings. The molecule has 2 aliphatic carbocycles. The van der Waals surface area contributed by atoms with Crippen LogP contribution in [-0.4, -0.2) is 78.8 Å². The molecule has 4 aliphatic rings. The van der Waals surface area contributed by atoms with E-state index in [2.05, 4.69) is 22.5 Å². The molecule has 2 heterocycles. The van der Waals surface area contributed by atoms with Gasteiger partial charge >= 0.3 is 6.03 Å². The summed E-state index contributed by atoms with van der Waals surface area (Å²) >= 11 is 0. The van der Waals surface area contributed by atoms with Gasteiger partial charge in [-0.2, -0.15) is 0 Å². The van der Waals surface area contributed by atoms with Crippen LogP contribution in [0, 0.1) is 17.3 Å². The van der Waals surface area contributed by atoms with Crippen molar-refractivity contribution in [3.05, 3.63) is 11.5 Å². The smallest absolute Gasteiger partial charge is 0.315 e. The summed E-state index contributed by atoms with van der Waals surface area (Å²) in [5, 5.41) is 8.57. The van der Waals surface area contributed by atoms with Gasteiger partial charge in [-0.15, -0.1) is 0 Å². The zero-order valence-electron chi connectivity index (χ0n) is 27.0. The summed E-state index contributed by atoms with van der Waals surface area (Å²) in [5.74, 6) is -3.14. The molecule has 5 N–H and O–H groups in total. The normalized spacial score (nSPS) is 30.4. The Morgan fingerprint density at radius 3 is 2.16 bits per heavy atom. The first-order valence-electron chi connectivity index (χ1n) is 16.5. The standard InChI is InChI=1S/C32H51N5O7S/c1-20(2)45(43,44)19-32(16-12-9-13-17-32)36-30(42)35-23-15-11-8-6-5-7-10-14-22(26(38)27(33)39)34-28(40)25-24-21(31(24,3)4)18-37(25)29(23)41/h21-25H,1,5-19H2,2-4H3,(H2,33,39)(H,34,40)(H2,35,36,42)/t21-,22-,23-,24-,25-/m0/s1. The van der Waals surface area contributed by atoms with Crippen molar-refractivity contribution in [1.82, 2.24) is 20.9 Å². The highest BCUT2D eigenvalue weighted by Gasteiger charge is 2.69. The van der Waals surface area contributed by atoms with Gasteiger partial charge in [-0.05, 0) is 49.9 Å². The number of piperidine rings is 1. The number of nitrogens with zero attached hydrogens (tertiary/aromatic N) is 1. The molecule has 5 amide bonds. The largest absolute Gasteiger partial charge is 0.363 e. The van der Waals surface area contributed by atoms with Crippen LogP contribution in [0.1, 0.15) is 104 Å². The second-order valence-corrected chi connectivity index (χ2v) is 16.5. The second-order valence-electron chi connectivity index (χ2n) is 14.3. The van der Waals surface area contributed by atoms with E-state index >= 15 is 0 Å². The fourth-order valence-corrected chi connectivity index (χ4v) is 9.16. The lowest BCUT2D eigenvalue weighted by atomic mass is 9.83. The number of primary amides is 1. The second kappa shape index (κ2) is 13.8. The third-order valence-corrected chi connectivity index (χ3v) is 12.7. The summed E-state index contributed by atoms with van der Waals surface area (Å²) < 4.78 is 25.7. The molecule has 12 nitrogen and oxygen atoms in total. The highest BCUT2D eigenvalue weighted by Crippen LogP contribution is 2.65. The fraction of sp³-hybridized carbons (Fsp3) is 0.781. The number of hydrogen-bond donors (Lipinski definition) is 4. The number of Topliss-reactive ketones (excluding diaryl/α,β-unsaturated/α-hetero) is 1. The van der Waals surface area contributed by atoms with Gasteiger partial charge in [-0.3, -0.25) is 19.2 Å². The number of fused-ring (bicyclic) bond motifs is 3. The Kier molecular flexibility index (Phi) is 10.7. The first kappa shape index (κ1) is 34.9. The van der Waals surface area contributed by atoms with E-state index in [1.54, 1.807) is 0 Å². The van der Waals surface area contributed by atoms with Crippen molar-refractivity contribution in [2.75, 3.05) is 12.3 Å². The van der Waals surface area contributed by atoms with E-state index in [0.717, 1.165) is 44.9 Å². The highest BCUT2D eigenvalue weighted by atomic mass is 32.2. The molecule has 2 aliphatic heterocycles. The minimum atomic E-state index is -3.64. The fourth-order valence-electron chi connectivity index (χ4n) is 7.83. The molecule has 0 aromatic carbocycles. The maximum Gasteiger partial charge on any atom is 0.315 e. The molecule has 2 saturated carbocycles. The molecule has 13 heteroatoms. The van der Waals surface area contributed by atoms with Gasteiger partial charge in [-0.25, -0.2) is 13.2 Å². The summed E-state index contributed by atoms with van der Waals surface area (Å²) in [7, 11) is -3.64. The molecular formula is C32H51N5O7S. The van der Waals surface area contributed by atoms with Gasteiger partial charge in [-0.1, -0.05) is 78.2 Å². The number of nitrogens with two attached hydrogens (primary N) is 1. The number of carbonyl (C=O) groups is 5. The van der Waals surface area contributed by atoms with Crippen LogP contribution in [-0.2, 0) is 29.0 Å². The van der Waals surface area contributed by atoms with Crippen LogP contribution in [0.5, 0.6) is 0 Å². The summed E-state index contributed by atoms with van der Waals surface area (Å²) in [6.45, 7) is 9.49. The van der Waals surface area contributed by atoms with E-state index < -0.39 is 57.1 Å². The number of ketones is 1. The first-order valence-corrected chi connectivity index (χ1v) is 18.2. The average Bonchev–Trinajstić information content (AvgIpc) is 3.27. The number of amides is 5. The number of allylic oxidation sites excluding steroid dienone is 1. The van der Waals surface area contributed by atoms with Crippen molar-refractivity contribution >= 4 is 39.4 Å². The van der Waals surface area contributed by atoms with Gasteiger partial charge in [0.1, 0.15) is 12.1 Å². The average molecular weight is 650 g/mol. The lowest BCUT2D eigenvalue weighted by Crippen LogP contribution is -2.61. The number of urea groups is 1. The summed E-state index contributed by atoms with van der Waals surface area (Å²) in [4.78, 5) is 67.5. The van der Waals surface area contributed by atoms with E-state index in [9.17, 15) is 32.4 Å². The van der Waals surface area contributed by atoms with Crippen molar-refractivity contribution in [3.63, 3.8) is 0 Å². The van der Waals surface area contributed by atoms with E-state index in [0.29, 0.717) is 45.1 Å². The molecule has 252 valence electrons. The first-order chi connectivity index (χ1) is 21.1. The predicted molar refractivity (Wildman–Crippen MR) is 169 cm³/mol. The molecule has 0 bridgehead atoms. The van der Waals surface area contributed by atoms with Crippen LogP contribution in [0.2, 0.25) is 0 Å². The summed E-state index contributed by atoms with van der Waals surface area (Å²) in [6.07, 6.45) is 8.89. The van der Waals surface area contributed by atoms with Gasteiger partial charge in [0.25, 0.3) is 5.91 Å². The lowest BCUT2D eigenvalue weighted by molar-refractivity contribution is -0.143. The molecule has 0 unspecified atom stereocenters. The lowest BCUT2D eigenvalue weighted by Gasteiger charge is -2.38.